The molecule has 2 aliphatic rings. The molecule has 2 saturated heterocycles. The molecule has 4 aromatic carbocycles. The molecule has 2 heterocycles. The van der Waals surface area contributed by atoms with Crippen LogP contribution in [0.2, 0.25) is 0 Å². The third-order valence-corrected chi connectivity index (χ3v) is 9.02. The van der Waals surface area contributed by atoms with Crippen LogP contribution in [0.5, 0.6) is 0 Å². The Labute approximate surface area is 232 Å². The van der Waals surface area contributed by atoms with E-state index in [1.165, 1.54) is 0 Å². The van der Waals surface area contributed by atoms with E-state index in [1.807, 2.05) is 105 Å². The molecular formula is C33H34NO4P. The Bertz CT molecular complexity index is 1200. The van der Waals surface area contributed by atoms with E-state index in [-0.39, 0.29) is 0 Å². The summed E-state index contributed by atoms with van der Waals surface area (Å²) in [4.78, 5) is 0. The van der Waals surface area contributed by atoms with Crippen molar-refractivity contribution in [3.05, 3.63) is 144 Å². The molecule has 0 N–H and O–H groups in total. The summed E-state index contributed by atoms with van der Waals surface area (Å²) in [6.07, 6.45) is -1.10. The van der Waals surface area contributed by atoms with Crippen LogP contribution in [-0.2, 0) is 29.7 Å². The van der Waals surface area contributed by atoms with Gasteiger partial charge in [-0.1, -0.05) is 121 Å². The normalized spacial score (nSPS) is 25.1. The lowest BCUT2D eigenvalue weighted by Crippen LogP contribution is -2.53. The fraction of sp³-hybridized carbons (Fsp3) is 0.273. The van der Waals surface area contributed by atoms with Crippen molar-refractivity contribution in [3.63, 3.8) is 0 Å². The van der Waals surface area contributed by atoms with Crippen molar-refractivity contribution in [2.24, 2.45) is 0 Å². The van der Waals surface area contributed by atoms with Gasteiger partial charge in [-0.25, -0.2) is 4.67 Å². The van der Waals surface area contributed by atoms with Gasteiger partial charge in [0.1, 0.15) is 12.2 Å². The standard InChI is InChI=1S/C33H34NO4P/c1-31(2)35-29-30(36-31)33(27-21-13-7-14-22-27,28-23-15-8-16-24-28)38-39(34(3)4)37-32(29,25-17-9-5-10-18-25)26-19-11-6-12-20-26/h5-24,29-30H,1-4H3/t29-,30?,39?/m1/s1. The van der Waals surface area contributed by atoms with Crippen LogP contribution in [0.4, 0.5) is 0 Å². The molecule has 0 amide bonds. The minimum Gasteiger partial charge on any atom is -0.341 e. The third kappa shape index (κ3) is 4.44. The number of nitrogens with zero attached hydrogens (tertiary/aromatic N) is 1. The second-order valence-electron chi connectivity index (χ2n) is 10.7. The SMILES string of the molecule is CN(C)P1OC(c2ccccc2)(c2ccccc2)C2OC(C)(C)O[C@H]2C(c2ccccc2)(c2ccccc2)O1. The van der Waals surface area contributed by atoms with Gasteiger partial charge in [-0.15, -0.1) is 0 Å². The van der Waals surface area contributed by atoms with Crippen molar-refractivity contribution >= 4 is 8.53 Å². The maximum Gasteiger partial charge on any atom is 0.260 e. The van der Waals surface area contributed by atoms with E-state index in [4.69, 9.17) is 18.5 Å². The highest BCUT2D eigenvalue weighted by atomic mass is 31.2. The van der Waals surface area contributed by atoms with E-state index < -0.39 is 37.7 Å². The predicted octanol–water partition coefficient (Wildman–Crippen LogP) is 7.23. The summed E-state index contributed by atoms with van der Waals surface area (Å²) >= 11 is 0. The summed E-state index contributed by atoms with van der Waals surface area (Å²) in [5.41, 5.74) is 1.93. The number of fused-ring (bicyclic) bond motifs is 1. The second-order valence-corrected chi connectivity index (χ2v) is 12.3. The molecule has 0 spiro atoms. The molecule has 4 aromatic rings. The van der Waals surface area contributed by atoms with Gasteiger partial charge < -0.3 is 18.5 Å². The van der Waals surface area contributed by atoms with E-state index in [9.17, 15) is 0 Å². The first-order valence-electron chi connectivity index (χ1n) is 13.3. The first kappa shape index (κ1) is 26.3. The second kappa shape index (κ2) is 10.3. The van der Waals surface area contributed by atoms with Crippen LogP contribution >= 0.6 is 8.53 Å². The smallest absolute Gasteiger partial charge is 0.260 e. The van der Waals surface area contributed by atoms with Crippen molar-refractivity contribution < 1.29 is 18.5 Å². The Morgan fingerprint density at radius 3 is 1.05 bits per heavy atom. The Morgan fingerprint density at radius 2 is 0.795 bits per heavy atom. The maximum atomic E-state index is 7.30. The minimum atomic E-state index is -1.61. The van der Waals surface area contributed by atoms with Crippen molar-refractivity contribution in [2.45, 2.75) is 43.0 Å². The number of ether oxygens (including phenoxy) is 2. The van der Waals surface area contributed by atoms with Crippen LogP contribution in [0, 0.1) is 0 Å². The lowest BCUT2D eigenvalue weighted by atomic mass is 9.72. The molecule has 2 aliphatic heterocycles. The Balaban J connectivity index is 1.71. The summed E-state index contributed by atoms with van der Waals surface area (Å²) in [6, 6.07) is 41.4. The van der Waals surface area contributed by atoms with Gasteiger partial charge in [-0.05, 0) is 50.2 Å². The molecule has 0 bridgehead atoms. The van der Waals surface area contributed by atoms with E-state index in [0.717, 1.165) is 22.3 Å². The maximum absolute atomic E-state index is 7.30. The van der Waals surface area contributed by atoms with Crippen LogP contribution in [0.15, 0.2) is 121 Å². The lowest BCUT2D eigenvalue weighted by molar-refractivity contribution is -0.175. The highest BCUT2D eigenvalue weighted by Crippen LogP contribution is 2.65. The Kier molecular flexibility index (Phi) is 6.93. The first-order chi connectivity index (χ1) is 18.9. The topological polar surface area (TPSA) is 40.2 Å². The summed E-state index contributed by atoms with van der Waals surface area (Å²) in [7, 11) is 2.39. The van der Waals surface area contributed by atoms with Gasteiger partial charge in [0.15, 0.2) is 17.0 Å². The number of rotatable bonds is 5. The number of hydrogen-bond acceptors (Lipinski definition) is 5. The molecule has 6 heteroatoms. The van der Waals surface area contributed by atoms with Crippen molar-refractivity contribution in [1.29, 1.82) is 0 Å². The molecule has 5 nitrogen and oxygen atoms in total. The zero-order valence-electron chi connectivity index (χ0n) is 22.7. The molecule has 3 atom stereocenters. The predicted molar refractivity (Wildman–Crippen MR) is 154 cm³/mol. The van der Waals surface area contributed by atoms with E-state index in [1.54, 1.807) is 0 Å². The summed E-state index contributed by atoms with van der Waals surface area (Å²) in [5.74, 6) is -0.885. The van der Waals surface area contributed by atoms with Gasteiger partial charge in [0.05, 0.1) is 0 Å². The van der Waals surface area contributed by atoms with Gasteiger partial charge in [-0.2, -0.15) is 0 Å². The molecule has 0 saturated carbocycles. The summed E-state index contributed by atoms with van der Waals surface area (Å²) in [5, 5.41) is 0. The van der Waals surface area contributed by atoms with E-state index in [2.05, 4.69) is 48.5 Å². The summed E-state index contributed by atoms with van der Waals surface area (Å²) in [6.45, 7) is 3.94. The average molecular weight is 540 g/mol. The molecule has 2 fully saturated rings. The Morgan fingerprint density at radius 1 is 0.513 bits per heavy atom. The zero-order chi connectivity index (χ0) is 27.1. The monoisotopic (exact) mass is 539 g/mol. The summed E-state index contributed by atoms with van der Waals surface area (Å²) < 4.78 is 30.5. The van der Waals surface area contributed by atoms with Crippen LogP contribution in [0.3, 0.4) is 0 Å². The van der Waals surface area contributed by atoms with Crippen LogP contribution in [0.25, 0.3) is 0 Å². The lowest BCUT2D eigenvalue weighted by Gasteiger charge is -2.41. The van der Waals surface area contributed by atoms with Crippen molar-refractivity contribution in [1.82, 2.24) is 4.67 Å². The van der Waals surface area contributed by atoms with Crippen LogP contribution in [0.1, 0.15) is 36.1 Å². The zero-order valence-corrected chi connectivity index (χ0v) is 23.6. The van der Waals surface area contributed by atoms with Gasteiger partial charge in [0.25, 0.3) is 8.53 Å². The number of hydrogen-bond donors (Lipinski definition) is 0. The quantitative estimate of drug-likeness (QED) is 0.250. The van der Waals surface area contributed by atoms with Crippen LogP contribution in [-0.4, -0.2) is 36.8 Å². The highest BCUT2D eigenvalue weighted by molar-refractivity contribution is 7.44. The molecule has 0 radical (unpaired) electrons. The van der Waals surface area contributed by atoms with Crippen molar-refractivity contribution in [2.75, 3.05) is 14.1 Å². The van der Waals surface area contributed by atoms with Crippen molar-refractivity contribution in [3.8, 4) is 0 Å². The molecule has 0 aromatic heterocycles. The van der Waals surface area contributed by atoms with Crippen LogP contribution < -0.4 is 0 Å². The highest BCUT2D eigenvalue weighted by Gasteiger charge is 2.67. The van der Waals surface area contributed by atoms with Gasteiger partial charge in [-0.3, -0.25) is 0 Å². The molecule has 200 valence electrons. The Hall–Kier alpha value is -2.89. The molecular weight excluding hydrogens is 505 g/mol. The minimum absolute atomic E-state index is 0.551. The first-order valence-corrected chi connectivity index (χ1v) is 14.4. The van der Waals surface area contributed by atoms with E-state index >= 15 is 0 Å². The third-order valence-electron chi connectivity index (χ3n) is 7.48. The van der Waals surface area contributed by atoms with E-state index in [0.29, 0.717) is 0 Å². The molecule has 6 rings (SSSR count). The molecule has 39 heavy (non-hydrogen) atoms. The largest absolute Gasteiger partial charge is 0.341 e. The average Bonchev–Trinajstić information content (AvgIpc) is 3.24. The molecule has 2 unspecified atom stereocenters. The molecule has 0 aliphatic carbocycles. The van der Waals surface area contributed by atoms with Gasteiger partial charge >= 0.3 is 0 Å². The van der Waals surface area contributed by atoms with Gasteiger partial charge in [0, 0.05) is 0 Å². The van der Waals surface area contributed by atoms with Gasteiger partial charge in [0.2, 0.25) is 0 Å². The fourth-order valence-corrected chi connectivity index (χ4v) is 7.32. The fourth-order valence-electron chi connectivity index (χ4n) is 5.83. The number of benzene rings is 4.